The van der Waals surface area contributed by atoms with Gasteiger partial charge in [-0.2, -0.15) is 0 Å². The quantitative estimate of drug-likeness (QED) is 0.465. The lowest BCUT2D eigenvalue weighted by atomic mass is 10.2. The van der Waals surface area contributed by atoms with Crippen LogP contribution in [0.3, 0.4) is 0 Å². The highest BCUT2D eigenvalue weighted by atomic mass is 32.2. The Morgan fingerprint density at radius 1 is 1.39 bits per heavy atom. The van der Waals surface area contributed by atoms with Gasteiger partial charge in [-0.1, -0.05) is 11.8 Å². The van der Waals surface area contributed by atoms with Crippen molar-refractivity contribution in [1.82, 2.24) is 9.97 Å². The minimum Gasteiger partial charge on any atom is -0.370 e. The third-order valence-electron chi connectivity index (χ3n) is 1.92. The van der Waals surface area contributed by atoms with Crippen LogP contribution in [0.15, 0.2) is 17.6 Å². The molecule has 0 bridgehead atoms. The van der Waals surface area contributed by atoms with Crippen LogP contribution in [0.5, 0.6) is 0 Å². The second kappa shape index (κ2) is 6.12. The van der Waals surface area contributed by atoms with E-state index in [1.54, 1.807) is 0 Å². The molecule has 0 saturated carbocycles. The monoisotopic (exact) mass is 267 g/mol. The zero-order chi connectivity index (χ0) is 13.6. The van der Waals surface area contributed by atoms with Crippen molar-refractivity contribution in [3.05, 3.63) is 18.0 Å². The number of rotatable bonds is 4. The van der Waals surface area contributed by atoms with Gasteiger partial charge in [0.15, 0.2) is 0 Å². The Bertz CT molecular complexity index is 582. The fourth-order valence-corrected chi connectivity index (χ4v) is 1.58. The second-order valence-corrected chi connectivity index (χ2v) is 5.56. The number of nitrogens with two attached hydrogens (primary N) is 1. The molecule has 0 aliphatic heterocycles. The van der Waals surface area contributed by atoms with Crippen LogP contribution in [0, 0.1) is 11.8 Å². The third-order valence-corrected chi connectivity index (χ3v) is 2.79. The van der Waals surface area contributed by atoms with Gasteiger partial charge in [-0.05, 0) is 6.42 Å². The summed E-state index contributed by atoms with van der Waals surface area (Å²) in [7, 11) is -3.38. The molecular weight excluding hydrogens is 254 g/mol. The lowest BCUT2D eigenvalue weighted by molar-refractivity contribution is -0.118. The SMILES string of the molecule is CS(=O)(=O)c1ncc(C#CCCCC(N)=O)cn1. The zero-order valence-electron chi connectivity index (χ0n) is 9.88. The molecule has 1 heterocycles. The predicted molar refractivity (Wildman–Crippen MR) is 65.1 cm³/mol. The summed E-state index contributed by atoms with van der Waals surface area (Å²) < 4.78 is 22.2. The predicted octanol–water partition coefficient (Wildman–Crippen LogP) is -0.113. The lowest BCUT2D eigenvalue weighted by Crippen LogP contribution is -2.09. The first-order chi connectivity index (χ1) is 8.39. The number of sulfone groups is 1. The summed E-state index contributed by atoms with van der Waals surface area (Å²) in [6.07, 6.45) is 5.19. The summed E-state index contributed by atoms with van der Waals surface area (Å²) in [5.74, 6) is 5.25. The summed E-state index contributed by atoms with van der Waals surface area (Å²) >= 11 is 0. The maximum Gasteiger partial charge on any atom is 0.246 e. The minimum absolute atomic E-state index is 0.221. The number of primary amides is 1. The standard InChI is InChI=1S/C11H13N3O3S/c1-18(16,17)11-13-7-9(8-14-11)5-3-2-4-6-10(12)15/h7-8H,2,4,6H2,1H3,(H2,12,15). The van der Waals surface area contributed by atoms with Gasteiger partial charge >= 0.3 is 0 Å². The molecule has 1 rings (SSSR count). The van der Waals surface area contributed by atoms with Crippen molar-refractivity contribution in [3.63, 3.8) is 0 Å². The Morgan fingerprint density at radius 3 is 2.50 bits per heavy atom. The molecule has 1 aromatic rings. The van der Waals surface area contributed by atoms with Crippen molar-refractivity contribution >= 4 is 15.7 Å². The molecule has 0 spiro atoms. The number of aromatic nitrogens is 2. The van der Waals surface area contributed by atoms with Gasteiger partial charge in [0, 0.05) is 31.5 Å². The average molecular weight is 267 g/mol. The highest BCUT2D eigenvalue weighted by molar-refractivity contribution is 7.90. The van der Waals surface area contributed by atoms with Gasteiger partial charge in [0.25, 0.3) is 0 Å². The van der Waals surface area contributed by atoms with E-state index in [4.69, 9.17) is 5.73 Å². The highest BCUT2D eigenvalue weighted by Crippen LogP contribution is 2.01. The van der Waals surface area contributed by atoms with E-state index in [0.717, 1.165) is 6.26 Å². The normalized spacial score (nSPS) is 10.5. The molecule has 7 heteroatoms. The zero-order valence-corrected chi connectivity index (χ0v) is 10.7. The molecule has 0 aliphatic rings. The molecule has 96 valence electrons. The van der Waals surface area contributed by atoms with Gasteiger partial charge in [0.2, 0.25) is 20.9 Å². The second-order valence-electron chi connectivity index (χ2n) is 3.65. The van der Waals surface area contributed by atoms with Crippen molar-refractivity contribution in [3.8, 4) is 11.8 Å². The van der Waals surface area contributed by atoms with E-state index in [1.165, 1.54) is 12.4 Å². The first-order valence-corrected chi connectivity index (χ1v) is 7.08. The summed E-state index contributed by atoms with van der Waals surface area (Å²) in [5.41, 5.74) is 5.51. The molecule has 0 radical (unpaired) electrons. The van der Waals surface area contributed by atoms with Gasteiger partial charge in [-0.3, -0.25) is 4.79 Å². The summed E-state index contributed by atoms with van der Waals surface area (Å²) in [5, 5.41) is -0.221. The van der Waals surface area contributed by atoms with Crippen molar-refractivity contribution in [2.45, 2.75) is 24.4 Å². The van der Waals surface area contributed by atoms with E-state index in [2.05, 4.69) is 21.8 Å². The first kappa shape index (κ1) is 14.1. The number of hydrogen-bond donors (Lipinski definition) is 1. The van der Waals surface area contributed by atoms with Gasteiger partial charge in [0.05, 0.1) is 5.56 Å². The number of unbranched alkanes of at least 4 members (excludes halogenated alkanes) is 1. The Labute approximate surface area is 106 Å². The first-order valence-electron chi connectivity index (χ1n) is 5.19. The van der Waals surface area contributed by atoms with Gasteiger partial charge in [0.1, 0.15) is 0 Å². The molecule has 0 saturated heterocycles. The van der Waals surface area contributed by atoms with E-state index in [1.807, 2.05) is 0 Å². The molecule has 1 aromatic heterocycles. The molecule has 0 atom stereocenters. The highest BCUT2D eigenvalue weighted by Gasteiger charge is 2.09. The van der Waals surface area contributed by atoms with Crippen LogP contribution in [0.1, 0.15) is 24.8 Å². The van der Waals surface area contributed by atoms with Crippen molar-refractivity contribution in [2.24, 2.45) is 5.73 Å². The van der Waals surface area contributed by atoms with Crippen LogP contribution in [0.25, 0.3) is 0 Å². The summed E-state index contributed by atoms with van der Waals surface area (Å²) in [6.45, 7) is 0. The van der Waals surface area contributed by atoms with Crippen LogP contribution < -0.4 is 5.73 Å². The number of nitrogens with zero attached hydrogens (tertiary/aromatic N) is 2. The van der Waals surface area contributed by atoms with E-state index in [-0.39, 0.29) is 11.1 Å². The van der Waals surface area contributed by atoms with Crippen LogP contribution in [-0.4, -0.2) is 30.5 Å². The molecule has 0 fully saturated rings. The van der Waals surface area contributed by atoms with E-state index < -0.39 is 9.84 Å². The lowest BCUT2D eigenvalue weighted by Gasteiger charge is -1.95. The molecule has 0 aromatic carbocycles. The Hall–Kier alpha value is -1.94. The Morgan fingerprint density at radius 2 is 2.00 bits per heavy atom. The fraction of sp³-hybridized carbons (Fsp3) is 0.364. The Balaban J connectivity index is 2.59. The average Bonchev–Trinajstić information content (AvgIpc) is 2.27. The maximum atomic E-state index is 11.1. The van der Waals surface area contributed by atoms with Crippen LogP contribution in [-0.2, 0) is 14.6 Å². The molecule has 2 N–H and O–H groups in total. The molecule has 6 nitrogen and oxygen atoms in total. The number of carbonyl (C=O) groups is 1. The molecular formula is C11H13N3O3S. The number of carbonyl (C=O) groups excluding carboxylic acids is 1. The van der Waals surface area contributed by atoms with Crippen molar-refractivity contribution in [2.75, 3.05) is 6.26 Å². The molecule has 18 heavy (non-hydrogen) atoms. The molecule has 1 amide bonds. The van der Waals surface area contributed by atoms with E-state index >= 15 is 0 Å². The largest absolute Gasteiger partial charge is 0.370 e. The minimum atomic E-state index is -3.38. The van der Waals surface area contributed by atoms with Gasteiger partial charge in [-0.25, -0.2) is 18.4 Å². The van der Waals surface area contributed by atoms with E-state index in [0.29, 0.717) is 24.8 Å². The van der Waals surface area contributed by atoms with Gasteiger partial charge < -0.3 is 5.73 Å². The molecule has 0 aliphatic carbocycles. The van der Waals surface area contributed by atoms with Crippen LogP contribution in [0.4, 0.5) is 0 Å². The Kier molecular flexibility index (Phi) is 4.80. The van der Waals surface area contributed by atoms with Crippen LogP contribution >= 0.6 is 0 Å². The van der Waals surface area contributed by atoms with E-state index in [9.17, 15) is 13.2 Å². The molecule has 0 unspecified atom stereocenters. The van der Waals surface area contributed by atoms with Crippen molar-refractivity contribution < 1.29 is 13.2 Å². The fourth-order valence-electron chi connectivity index (χ4n) is 1.09. The topological polar surface area (TPSA) is 103 Å². The van der Waals surface area contributed by atoms with Crippen LogP contribution in [0.2, 0.25) is 0 Å². The maximum absolute atomic E-state index is 11.1. The summed E-state index contributed by atoms with van der Waals surface area (Å²) in [6, 6.07) is 0. The number of amides is 1. The third kappa shape index (κ3) is 4.93. The van der Waals surface area contributed by atoms with Gasteiger partial charge in [-0.15, -0.1) is 0 Å². The smallest absolute Gasteiger partial charge is 0.246 e. The van der Waals surface area contributed by atoms with Crippen molar-refractivity contribution in [1.29, 1.82) is 0 Å². The number of hydrogen-bond acceptors (Lipinski definition) is 5. The summed E-state index contributed by atoms with van der Waals surface area (Å²) in [4.78, 5) is 17.9.